The fraction of sp³-hybridized carbons (Fsp3) is 0.267. The molecule has 5 nitrogen and oxygen atoms in total. The number of nitrogens with one attached hydrogen (secondary N) is 1. The molecule has 0 saturated carbocycles. The molecule has 2 heterocycles. The van der Waals surface area contributed by atoms with Crippen molar-refractivity contribution >= 4 is 15.9 Å². The molecule has 1 aromatic carbocycles. The fourth-order valence-electron chi connectivity index (χ4n) is 2.59. The number of fused-ring (bicyclic) bond motifs is 1. The molecule has 110 valence electrons. The van der Waals surface area contributed by atoms with E-state index >= 15 is 0 Å². The Kier molecular flexibility index (Phi) is 3.13. The number of hydrogen-bond acceptors (Lipinski definition) is 3. The molecule has 1 amide bonds. The largest absolute Gasteiger partial charge is 0.344 e. The third-order valence-electron chi connectivity index (χ3n) is 3.76. The van der Waals surface area contributed by atoms with Crippen LogP contribution >= 0.6 is 0 Å². The minimum Gasteiger partial charge on any atom is -0.344 e. The van der Waals surface area contributed by atoms with Crippen molar-refractivity contribution < 1.29 is 13.2 Å². The van der Waals surface area contributed by atoms with E-state index in [9.17, 15) is 13.2 Å². The van der Waals surface area contributed by atoms with Gasteiger partial charge >= 0.3 is 0 Å². The van der Waals surface area contributed by atoms with Crippen LogP contribution in [0.1, 0.15) is 41.0 Å². The summed E-state index contributed by atoms with van der Waals surface area (Å²) in [6.07, 6.45) is 2.10. The first-order chi connectivity index (χ1) is 9.95. The van der Waals surface area contributed by atoms with E-state index in [-0.39, 0.29) is 16.8 Å². The maximum Gasteiger partial charge on any atom is 0.267 e. The maximum atomic E-state index is 12.8. The van der Waals surface area contributed by atoms with Gasteiger partial charge in [-0.15, -0.1) is 0 Å². The molecule has 0 saturated heterocycles. The highest BCUT2D eigenvalue weighted by Crippen LogP contribution is 2.31. The average molecular weight is 304 g/mol. The highest BCUT2D eigenvalue weighted by Gasteiger charge is 2.34. The number of rotatable bonds is 3. The number of aryl methyl sites for hydroxylation is 1. The van der Waals surface area contributed by atoms with E-state index in [4.69, 9.17) is 0 Å². The van der Waals surface area contributed by atoms with Gasteiger partial charge in [-0.25, -0.2) is 12.4 Å². The summed E-state index contributed by atoms with van der Waals surface area (Å²) in [6.45, 7) is 3.81. The lowest BCUT2D eigenvalue weighted by Gasteiger charge is -2.14. The van der Waals surface area contributed by atoms with Crippen LogP contribution in [0.4, 0.5) is 0 Å². The molecular formula is C15H16N2O3S. The van der Waals surface area contributed by atoms with E-state index in [0.717, 1.165) is 5.56 Å². The predicted octanol–water partition coefficient (Wildman–Crippen LogP) is 2.23. The SMILES string of the molecule is CCC1NC(=O)c2ccn(S(=O)(=O)c3ccc(C)cc3)c21. The van der Waals surface area contributed by atoms with Gasteiger partial charge in [-0.1, -0.05) is 24.6 Å². The molecule has 0 radical (unpaired) electrons. The van der Waals surface area contributed by atoms with Crippen molar-refractivity contribution in [3.63, 3.8) is 0 Å². The van der Waals surface area contributed by atoms with Gasteiger partial charge in [-0.2, -0.15) is 0 Å². The van der Waals surface area contributed by atoms with Crippen molar-refractivity contribution in [3.8, 4) is 0 Å². The van der Waals surface area contributed by atoms with E-state index in [1.54, 1.807) is 30.3 Å². The van der Waals surface area contributed by atoms with E-state index in [1.807, 2.05) is 13.8 Å². The van der Waals surface area contributed by atoms with E-state index < -0.39 is 10.0 Å². The number of carbonyl (C=O) groups excluding carboxylic acids is 1. The highest BCUT2D eigenvalue weighted by molar-refractivity contribution is 7.90. The van der Waals surface area contributed by atoms with Gasteiger partial charge in [0.2, 0.25) is 0 Å². The van der Waals surface area contributed by atoms with Crippen LogP contribution in [0.3, 0.4) is 0 Å². The quantitative estimate of drug-likeness (QED) is 0.945. The summed E-state index contributed by atoms with van der Waals surface area (Å²) in [4.78, 5) is 12.1. The van der Waals surface area contributed by atoms with Crippen molar-refractivity contribution in [2.75, 3.05) is 0 Å². The van der Waals surface area contributed by atoms with Crippen LogP contribution in [-0.2, 0) is 10.0 Å². The summed E-state index contributed by atoms with van der Waals surface area (Å²) < 4.78 is 26.7. The summed E-state index contributed by atoms with van der Waals surface area (Å²) in [5, 5.41) is 2.80. The van der Waals surface area contributed by atoms with Crippen molar-refractivity contribution in [1.29, 1.82) is 0 Å². The van der Waals surface area contributed by atoms with Crippen molar-refractivity contribution in [2.45, 2.75) is 31.2 Å². The molecule has 0 bridgehead atoms. The van der Waals surface area contributed by atoms with Gasteiger partial charge in [-0.3, -0.25) is 4.79 Å². The first-order valence-corrected chi connectivity index (χ1v) is 8.23. The number of hydrogen-bond donors (Lipinski definition) is 1. The van der Waals surface area contributed by atoms with Gasteiger partial charge in [-0.05, 0) is 31.5 Å². The van der Waals surface area contributed by atoms with Crippen LogP contribution in [0, 0.1) is 6.92 Å². The number of amides is 1. The van der Waals surface area contributed by atoms with Crippen LogP contribution in [0.15, 0.2) is 41.4 Å². The lowest BCUT2D eigenvalue weighted by Crippen LogP contribution is -2.22. The second-order valence-corrected chi connectivity index (χ2v) is 6.98. The van der Waals surface area contributed by atoms with Crippen LogP contribution in [0.5, 0.6) is 0 Å². The topological polar surface area (TPSA) is 68.2 Å². The molecule has 1 unspecified atom stereocenters. The number of carbonyl (C=O) groups is 1. The normalized spacial score (nSPS) is 17.6. The molecule has 2 aromatic rings. The molecule has 1 atom stereocenters. The molecule has 21 heavy (non-hydrogen) atoms. The first kappa shape index (κ1) is 13.9. The average Bonchev–Trinajstić information content (AvgIpc) is 3.01. The van der Waals surface area contributed by atoms with Crippen molar-refractivity contribution in [1.82, 2.24) is 9.29 Å². The van der Waals surface area contributed by atoms with Gasteiger partial charge in [0, 0.05) is 6.20 Å². The Morgan fingerprint density at radius 1 is 1.19 bits per heavy atom. The molecule has 0 spiro atoms. The molecule has 1 aromatic heterocycles. The van der Waals surface area contributed by atoms with Crippen LogP contribution in [-0.4, -0.2) is 18.3 Å². The van der Waals surface area contributed by atoms with E-state index in [1.165, 1.54) is 10.2 Å². The second-order valence-electron chi connectivity index (χ2n) is 5.16. The third-order valence-corrected chi connectivity index (χ3v) is 5.46. The molecule has 1 aliphatic rings. The summed E-state index contributed by atoms with van der Waals surface area (Å²) in [5.74, 6) is -0.213. The van der Waals surface area contributed by atoms with Crippen LogP contribution in [0.2, 0.25) is 0 Å². The number of nitrogens with zero attached hydrogens (tertiary/aromatic N) is 1. The monoisotopic (exact) mass is 304 g/mol. The highest BCUT2D eigenvalue weighted by atomic mass is 32.2. The number of aromatic nitrogens is 1. The van der Waals surface area contributed by atoms with Crippen molar-refractivity contribution in [2.24, 2.45) is 0 Å². The molecule has 3 rings (SSSR count). The standard InChI is InChI=1S/C15H16N2O3S/c1-3-13-14-12(15(18)16-13)8-9-17(14)21(19,20)11-6-4-10(2)5-7-11/h4-9,13H,3H2,1-2H3,(H,16,18). The molecule has 6 heteroatoms. The molecule has 1 N–H and O–H groups in total. The Bertz CT molecular complexity index is 804. The minimum atomic E-state index is -3.68. The van der Waals surface area contributed by atoms with E-state index in [2.05, 4.69) is 5.32 Å². The molecule has 1 aliphatic heterocycles. The molecule has 0 aliphatic carbocycles. The Hall–Kier alpha value is -2.08. The summed E-state index contributed by atoms with van der Waals surface area (Å²) in [7, 11) is -3.68. The van der Waals surface area contributed by atoms with Crippen LogP contribution in [0.25, 0.3) is 0 Å². The minimum absolute atomic E-state index is 0.213. The summed E-state index contributed by atoms with van der Waals surface area (Å²) in [6, 6.07) is 7.99. The van der Waals surface area contributed by atoms with Crippen molar-refractivity contribution in [3.05, 3.63) is 53.3 Å². The second kappa shape index (κ2) is 4.73. The van der Waals surface area contributed by atoms with Gasteiger partial charge in [0.25, 0.3) is 15.9 Å². The third kappa shape index (κ3) is 2.06. The summed E-state index contributed by atoms with van der Waals surface area (Å²) in [5.41, 5.74) is 1.97. The van der Waals surface area contributed by atoms with Gasteiger partial charge in [0.15, 0.2) is 0 Å². The zero-order chi connectivity index (χ0) is 15.2. The Labute approximate surface area is 123 Å². The maximum absolute atomic E-state index is 12.8. The Morgan fingerprint density at radius 3 is 2.48 bits per heavy atom. The van der Waals surface area contributed by atoms with Gasteiger partial charge < -0.3 is 5.32 Å². The summed E-state index contributed by atoms with van der Waals surface area (Å²) >= 11 is 0. The Balaban J connectivity index is 2.16. The van der Waals surface area contributed by atoms with Crippen LogP contribution < -0.4 is 5.32 Å². The lowest BCUT2D eigenvalue weighted by molar-refractivity contribution is 0.0955. The smallest absolute Gasteiger partial charge is 0.267 e. The van der Waals surface area contributed by atoms with Gasteiger partial charge in [0.05, 0.1) is 22.2 Å². The number of benzene rings is 1. The fourth-order valence-corrected chi connectivity index (χ4v) is 4.01. The molecular weight excluding hydrogens is 288 g/mol. The zero-order valence-electron chi connectivity index (χ0n) is 11.8. The lowest BCUT2D eigenvalue weighted by atomic mass is 10.1. The van der Waals surface area contributed by atoms with Gasteiger partial charge in [0.1, 0.15) is 0 Å². The first-order valence-electron chi connectivity index (χ1n) is 6.79. The molecule has 0 fully saturated rings. The predicted molar refractivity (Wildman–Crippen MR) is 78.7 cm³/mol. The zero-order valence-corrected chi connectivity index (χ0v) is 12.6. The Morgan fingerprint density at radius 2 is 1.86 bits per heavy atom. The van der Waals surface area contributed by atoms with E-state index in [0.29, 0.717) is 17.7 Å².